The lowest BCUT2D eigenvalue weighted by Gasteiger charge is -2.14. The van der Waals surface area contributed by atoms with Crippen LogP contribution in [-0.2, 0) is 0 Å². The molecule has 1 heterocycles. The number of pyridine rings is 1. The summed E-state index contributed by atoms with van der Waals surface area (Å²) in [5, 5.41) is 13.8. The third-order valence-electron chi connectivity index (χ3n) is 2.62. The molecular weight excluding hydrogens is 206 g/mol. The lowest BCUT2D eigenvalue weighted by Crippen LogP contribution is -2.16. The number of hydrogen-bond acceptors (Lipinski definition) is 4. The normalized spacial score (nSPS) is 15.3. The number of nitrogens with zero attached hydrogens (tertiary/aromatic N) is 2. The van der Waals surface area contributed by atoms with Crippen LogP contribution >= 0.6 is 0 Å². The van der Waals surface area contributed by atoms with E-state index in [4.69, 9.17) is 0 Å². The van der Waals surface area contributed by atoms with Gasteiger partial charge in [-0.25, -0.2) is 4.98 Å². The first kappa shape index (κ1) is 10.6. The summed E-state index contributed by atoms with van der Waals surface area (Å²) in [7, 11) is 0. The fourth-order valence-electron chi connectivity index (χ4n) is 1.74. The van der Waals surface area contributed by atoms with Crippen molar-refractivity contribution in [2.24, 2.45) is 0 Å². The maximum Gasteiger partial charge on any atom is 0.287 e. The van der Waals surface area contributed by atoms with Crippen molar-refractivity contribution in [2.75, 3.05) is 5.32 Å². The first-order chi connectivity index (χ1) is 7.66. The van der Waals surface area contributed by atoms with E-state index in [1.807, 2.05) is 6.92 Å². The van der Waals surface area contributed by atoms with Gasteiger partial charge in [0, 0.05) is 12.1 Å². The third kappa shape index (κ3) is 2.18. The summed E-state index contributed by atoms with van der Waals surface area (Å²) >= 11 is 0. The summed E-state index contributed by atoms with van der Waals surface area (Å²) in [6, 6.07) is 1.91. The third-order valence-corrected chi connectivity index (χ3v) is 2.62. The van der Waals surface area contributed by atoms with Crippen LogP contribution in [0.25, 0.3) is 0 Å². The van der Waals surface area contributed by atoms with E-state index in [-0.39, 0.29) is 5.69 Å². The molecule has 0 aromatic carbocycles. The predicted molar refractivity (Wildman–Crippen MR) is 61.4 cm³/mol. The second kappa shape index (κ2) is 4.30. The number of aryl methyl sites for hydroxylation is 1. The van der Waals surface area contributed by atoms with E-state index < -0.39 is 4.92 Å². The van der Waals surface area contributed by atoms with Crippen LogP contribution in [0, 0.1) is 17.0 Å². The van der Waals surface area contributed by atoms with Crippen LogP contribution in [0.15, 0.2) is 24.4 Å². The molecule has 1 aliphatic rings. The molecule has 0 atom stereocenters. The Morgan fingerprint density at radius 3 is 2.75 bits per heavy atom. The van der Waals surface area contributed by atoms with Gasteiger partial charge in [-0.05, 0) is 25.3 Å². The van der Waals surface area contributed by atoms with E-state index >= 15 is 0 Å². The van der Waals surface area contributed by atoms with Crippen molar-refractivity contribution in [3.63, 3.8) is 0 Å². The molecule has 84 valence electrons. The summed E-state index contributed by atoms with van der Waals surface area (Å²) < 4.78 is 0. The highest BCUT2D eigenvalue weighted by molar-refractivity contribution is 5.49. The Kier molecular flexibility index (Phi) is 2.85. The van der Waals surface area contributed by atoms with Crippen LogP contribution in [0.2, 0.25) is 0 Å². The zero-order chi connectivity index (χ0) is 11.5. The molecule has 1 N–H and O–H groups in total. The number of nitrogens with one attached hydrogen (secondary N) is 1. The molecular formula is C11H13N3O2. The van der Waals surface area contributed by atoms with Gasteiger partial charge in [0.05, 0.1) is 4.92 Å². The second-order valence-corrected chi connectivity index (χ2v) is 3.90. The molecule has 0 spiro atoms. The smallest absolute Gasteiger partial charge is 0.287 e. The standard InChI is InChI=1S/C11H13N3O2/c1-8-6-10(14(15)16)7-12-11(8)13-9-4-2-3-5-9/h2-3,6-7,9H,4-5H2,1H3,(H,12,13). The minimum atomic E-state index is -0.430. The molecule has 0 aliphatic heterocycles. The molecule has 0 unspecified atom stereocenters. The van der Waals surface area contributed by atoms with Gasteiger partial charge in [0.15, 0.2) is 0 Å². The molecule has 0 bridgehead atoms. The van der Waals surface area contributed by atoms with E-state index in [1.165, 1.54) is 12.3 Å². The molecule has 0 fully saturated rings. The predicted octanol–water partition coefficient (Wildman–Crippen LogP) is 2.43. The molecule has 16 heavy (non-hydrogen) atoms. The van der Waals surface area contributed by atoms with E-state index in [1.54, 1.807) is 0 Å². The van der Waals surface area contributed by atoms with Gasteiger partial charge in [0.1, 0.15) is 12.0 Å². The van der Waals surface area contributed by atoms with Crippen LogP contribution in [0.3, 0.4) is 0 Å². The number of nitro groups is 1. The maximum atomic E-state index is 10.5. The molecule has 0 amide bonds. The highest BCUT2D eigenvalue weighted by atomic mass is 16.6. The molecule has 2 rings (SSSR count). The first-order valence-electron chi connectivity index (χ1n) is 5.19. The average molecular weight is 219 g/mol. The lowest BCUT2D eigenvalue weighted by atomic mass is 10.2. The van der Waals surface area contributed by atoms with Crippen LogP contribution < -0.4 is 5.32 Å². The van der Waals surface area contributed by atoms with Crippen molar-refractivity contribution in [3.05, 3.63) is 40.1 Å². The molecule has 0 radical (unpaired) electrons. The fraction of sp³-hybridized carbons (Fsp3) is 0.364. The van der Waals surface area contributed by atoms with E-state index in [2.05, 4.69) is 22.5 Å². The minimum Gasteiger partial charge on any atom is -0.366 e. The Morgan fingerprint density at radius 2 is 2.19 bits per heavy atom. The van der Waals surface area contributed by atoms with Gasteiger partial charge in [-0.1, -0.05) is 12.2 Å². The average Bonchev–Trinajstić information content (AvgIpc) is 2.73. The molecule has 5 nitrogen and oxygen atoms in total. The molecule has 1 aromatic heterocycles. The summed E-state index contributed by atoms with van der Waals surface area (Å²) in [5.74, 6) is 0.735. The quantitative estimate of drug-likeness (QED) is 0.481. The maximum absolute atomic E-state index is 10.5. The van der Waals surface area contributed by atoms with Gasteiger partial charge in [0.2, 0.25) is 0 Å². The zero-order valence-corrected chi connectivity index (χ0v) is 9.01. The van der Waals surface area contributed by atoms with Gasteiger partial charge in [-0.15, -0.1) is 0 Å². The Labute approximate surface area is 93.3 Å². The largest absolute Gasteiger partial charge is 0.366 e. The monoisotopic (exact) mass is 219 g/mol. The number of aromatic nitrogens is 1. The fourth-order valence-corrected chi connectivity index (χ4v) is 1.74. The van der Waals surface area contributed by atoms with Crippen LogP contribution in [0.1, 0.15) is 18.4 Å². The molecule has 1 aromatic rings. The van der Waals surface area contributed by atoms with Crippen LogP contribution in [-0.4, -0.2) is 15.9 Å². The highest BCUT2D eigenvalue weighted by Gasteiger charge is 2.14. The summed E-state index contributed by atoms with van der Waals surface area (Å²) in [4.78, 5) is 14.2. The zero-order valence-electron chi connectivity index (χ0n) is 9.01. The molecule has 5 heteroatoms. The number of anilines is 1. The Morgan fingerprint density at radius 1 is 1.50 bits per heavy atom. The molecule has 0 saturated carbocycles. The van der Waals surface area contributed by atoms with Crippen molar-refractivity contribution in [3.8, 4) is 0 Å². The lowest BCUT2D eigenvalue weighted by molar-refractivity contribution is -0.385. The van der Waals surface area contributed by atoms with Crippen LogP contribution in [0.5, 0.6) is 0 Å². The highest BCUT2D eigenvalue weighted by Crippen LogP contribution is 2.21. The van der Waals surface area contributed by atoms with E-state index in [0.717, 1.165) is 24.2 Å². The van der Waals surface area contributed by atoms with Crippen molar-refractivity contribution in [2.45, 2.75) is 25.8 Å². The van der Waals surface area contributed by atoms with Gasteiger partial charge in [0.25, 0.3) is 5.69 Å². The number of rotatable bonds is 3. The summed E-state index contributed by atoms with van der Waals surface area (Å²) in [6.07, 6.45) is 7.50. The Bertz CT molecular complexity index is 435. The summed E-state index contributed by atoms with van der Waals surface area (Å²) in [5.41, 5.74) is 0.841. The van der Waals surface area contributed by atoms with Gasteiger partial charge >= 0.3 is 0 Å². The van der Waals surface area contributed by atoms with E-state index in [9.17, 15) is 10.1 Å². The van der Waals surface area contributed by atoms with Crippen molar-refractivity contribution >= 4 is 11.5 Å². The molecule has 0 saturated heterocycles. The second-order valence-electron chi connectivity index (χ2n) is 3.90. The van der Waals surface area contributed by atoms with Gasteiger partial charge < -0.3 is 5.32 Å². The van der Waals surface area contributed by atoms with E-state index in [0.29, 0.717) is 6.04 Å². The Balaban J connectivity index is 2.12. The minimum absolute atomic E-state index is 0.0348. The molecule has 1 aliphatic carbocycles. The number of hydrogen-bond donors (Lipinski definition) is 1. The SMILES string of the molecule is Cc1cc([N+](=O)[O-])cnc1NC1CC=CC1. The topological polar surface area (TPSA) is 68.1 Å². The van der Waals surface area contributed by atoms with Crippen molar-refractivity contribution < 1.29 is 4.92 Å². The van der Waals surface area contributed by atoms with Crippen molar-refractivity contribution in [1.29, 1.82) is 0 Å². The Hall–Kier alpha value is -1.91. The van der Waals surface area contributed by atoms with Gasteiger partial charge in [-0.3, -0.25) is 10.1 Å². The van der Waals surface area contributed by atoms with Crippen LogP contribution in [0.4, 0.5) is 11.5 Å². The van der Waals surface area contributed by atoms with Crippen molar-refractivity contribution in [1.82, 2.24) is 4.98 Å². The summed E-state index contributed by atoms with van der Waals surface area (Å²) in [6.45, 7) is 1.82. The van der Waals surface area contributed by atoms with Gasteiger partial charge in [-0.2, -0.15) is 0 Å². The first-order valence-corrected chi connectivity index (χ1v) is 5.19.